The number of aromatic nitrogens is 2. The molecule has 0 saturated heterocycles. The molecule has 7 nitrogen and oxygen atoms in total. The lowest BCUT2D eigenvalue weighted by atomic mass is 10.1. The number of pyridine rings is 1. The summed E-state index contributed by atoms with van der Waals surface area (Å²) < 4.78 is 10.2. The Morgan fingerprint density at radius 2 is 2.00 bits per heavy atom. The fourth-order valence-electron chi connectivity index (χ4n) is 2.78. The average Bonchev–Trinajstić information content (AvgIpc) is 3.17. The molecule has 0 aliphatic carbocycles. The van der Waals surface area contributed by atoms with Gasteiger partial charge >= 0.3 is 5.97 Å². The maximum absolute atomic E-state index is 12.4. The number of esters is 1. The first kappa shape index (κ1) is 21.6. The Balaban J connectivity index is 1.47. The highest BCUT2D eigenvalue weighted by molar-refractivity contribution is 7.98. The topological polar surface area (TPSA) is 94.3 Å². The summed E-state index contributed by atoms with van der Waals surface area (Å²) in [5.74, 6) is 0.303. The number of hydrogen-bond acceptors (Lipinski definition) is 7. The van der Waals surface area contributed by atoms with Crippen LogP contribution >= 0.6 is 11.8 Å². The van der Waals surface area contributed by atoms with Gasteiger partial charge in [-0.3, -0.25) is 4.79 Å². The summed E-state index contributed by atoms with van der Waals surface area (Å²) in [4.78, 5) is 28.7. The predicted octanol–water partition coefficient (Wildman–Crippen LogP) is 3.49. The third kappa shape index (κ3) is 6.18. The van der Waals surface area contributed by atoms with Crippen LogP contribution in [-0.2, 0) is 21.7 Å². The molecule has 3 rings (SSSR count). The van der Waals surface area contributed by atoms with Crippen LogP contribution in [0.2, 0.25) is 0 Å². The van der Waals surface area contributed by atoms with E-state index in [-0.39, 0.29) is 12.5 Å². The molecule has 2 heterocycles. The molecule has 0 atom stereocenters. The van der Waals surface area contributed by atoms with E-state index in [2.05, 4.69) is 15.5 Å². The minimum atomic E-state index is -0.587. The minimum Gasteiger partial charge on any atom is -0.452 e. The van der Waals surface area contributed by atoms with Crippen molar-refractivity contribution in [2.24, 2.45) is 0 Å². The van der Waals surface area contributed by atoms with Crippen molar-refractivity contribution in [3.8, 4) is 0 Å². The van der Waals surface area contributed by atoms with Gasteiger partial charge in [0.2, 0.25) is 0 Å². The Labute approximate surface area is 179 Å². The molecule has 1 aromatic carbocycles. The van der Waals surface area contributed by atoms with Gasteiger partial charge in [0, 0.05) is 24.6 Å². The van der Waals surface area contributed by atoms with Crippen LogP contribution in [0.15, 0.2) is 58.2 Å². The van der Waals surface area contributed by atoms with Crippen LogP contribution in [0.5, 0.6) is 0 Å². The van der Waals surface area contributed by atoms with Gasteiger partial charge in [-0.05, 0) is 43.5 Å². The number of carbonyl (C=O) groups is 2. The first-order valence-corrected chi connectivity index (χ1v) is 10.5. The largest absolute Gasteiger partial charge is 0.452 e. The van der Waals surface area contributed by atoms with Crippen molar-refractivity contribution in [1.82, 2.24) is 15.5 Å². The van der Waals surface area contributed by atoms with Crippen LogP contribution in [0.3, 0.4) is 0 Å². The summed E-state index contributed by atoms with van der Waals surface area (Å²) in [5, 5.41) is 7.22. The summed E-state index contributed by atoms with van der Waals surface area (Å²) in [5.41, 5.74) is 3.43. The lowest BCUT2D eigenvalue weighted by Crippen LogP contribution is -2.30. The van der Waals surface area contributed by atoms with Crippen molar-refractivity contribution >= 4 is 23.6 Å². The fraction of sp³-hybridized carbons (Fsp3) is 0.273. The standard InChI is InChI=1S/C22H23N3O4S/c1-15-6-3-4-7-17(15)9-11-23-20(26)13-28-22(27)19-8-5-10-24-21(19)30-14-18-12-16(2)29-25-18/h3-8,10,12H,9,11,13-14H2,1-2H3,(H,23,26). The number of rotatable bonds is 9. The molecule has 156 valence electrons. The number of nitrogens with zero attached hydrogens (tertiary/aromatic N) is 2. The third-order valence-electron chi connectivity index (χ3n) is 4.34. The van der Waals surface area contributed by atoms with E-state index in [1.165, 1.54) is 22.9 Å². The summed E-state index contributed by atoms with van der Waals surface area (Å²) in [6, 6.07) is 13.1. The van der Waals surface area contributed by atoms with Crippen LogP contribution in [-0.4, -0.2) is 35.2 Å². The molecular weight excluding hydrogens is 402 g/mol. The smallest absolute Gasteiger partial charge is 0.341 e. The van der Waals surface area contributed by atoms with Gasteiger partial charge in [0.1, 0.15) is 10.8 Å². The van der Waals surface area contributed by atoms with E-state index in [1.54, 1.807) is 18.3 Å². The second-order valence-corrected chi connectivity index (χ2v) is 7.64. The van der Waals surface area contributed by atoms with Crippen LogP contribution in [0.1, 0.15) is 32.9 Å². The highest BCUT2D eigenvalue weighted by Crippen LogP contribution is 2.24. The zero-order valence-electron chi connectivity index (χ0n) is 16.9. The molecule has 0 aliphatic rings. The Morgan fingerprint density at radius 3 is 2.77 bits per heavy atom. The highest BCUT2D eigenvalue weighted by Gasteiger charge is 2.16. The zero-order chi connectivity index (χ0) is 21.3. The first-order valence-electron chi connectivity index (χ1n) is 9.51. The molecular formula is C22H23N3O4S. The van der Waals surface area contributed by atoms with E-state index in [0.29, 0.717) is 22.9 Å². The molecule has 3 aromatic rings. The predicted molar refractivity (Wildman–Crippen MR) is 113 cm³/mol. The second kappa shape index (κ2) is 10.6. The quantitative estimate of drug-likeness (QED) is 0.414. The van der Waals surface area contributed by atoms with Crippen molar-refractivity contribution in [2.45, 2.75) is 31.0 Å². The van der Waals surface area contributed by atoms with Crippen LogP contribution < -0.4 is 5.32 Å². The van der Waals surface area contributed by atoms with Gasteiger partial charge in [-0.15, -0.1) is 0 Å². The van der Waals surface area contributed by atoms with Gasteiger partial charge in [0.25, 0.3) is 5.91 Å². The van der Waals surface area contributed by atoms with Crippen molar-refractivity contribution < 1.29 is 18.8 Å². The number of thioether (sulfide) groups is 1. The van der Waals surface area contributed by atoms with E-state index in [9.17, 15) is 9.59 Å². The highest BCUT2D eigenvalue weighted by atomic mass is 32.2. The molecule has 0 radical (unpaired) electrons. The molecule has 0 unspecified atom stereocenters. The number of amides is 1. The van der Waals surface area contributed by atoms with Gasteiger partial charge in [-0.1, -0.05) is 41.2 Å². The maximum Gasteiger partial charge on any atom is 0.341 e. The number of carbonyl (C=O) groups excluding carboxylic acids is 2. The van der Waals surface area contributed by atoms with Crippen LogP contribution in [0.25, 0.3) is 0 Å². The molecule has 0 bridgehead atoms. The fourth-order valence-corrected chi connectivity index (χ4v) is 3.64. The average molecular weight is 426 g/mol. The maximum atomic E-state index is 12.4. The van der Waals surface area contributed by atoms with E-state index in [4.69, 9.17) is 9.26 Å². The normalized spacial score (nSPS) is 10.6. The Hall–Kier alpha value is -3.13. The molecule has 1 amide bonds. The van der Waals surface area contributed by atoms with Gasteiger partial charge in [0.15, 0.2) is 6.61 Å². The van der Waals surface area contributed by atoms with Gasteiger partial charge < -0.3 is 14.6 Å². The lowest BCUT2D eigenvalue weighted by Gasteiger charge is -2.09. The van der Waals surface area contributed by atoms with E-state index < -0.39 is 5.97 Å². The Morgan fingerprint density at radius 1 is 1.17 bits per heavy atom. The lowest BCUT2D eigenvalue weighted by molar-refractivity contribution is -0.124. The van der Waals surface area contributed by atoms with Gasteiger partial charge in [-0.2, -0.15) is 0 Å². The van der Waals surface area contributed by atoms with Gasteiger partial charge in [-0.25, -0.2) is 9.78 Å². The monoisotopic (exact) mass is 425 g/mol. The van der Waals surface area contributed by atoms with E-state index >= 15 is 0 Å². The second-order valence-electron chi connectivity index (χ2n) is 6.68. The summed E-state index contributed by atoms with van der Waals surface area (Å²) in [7, 11) is 0. The van der Waals surface area contributed by atoms with Crippen LogP contribution in [0, 0.1) is 13.8 Å². The minimum absolute atomic E-state index is 0.315. The van der Waals surface area contributed by atoms with E-state index in [0.717, 1.165) is 17.9 Å². The van der Waals surface area contributed by atoms with Crippen molar-refractivity contribution in [1.29, 1.82) is 0 Å². The summed E-state index contributed by atoms with van der Waals surface area (Å²) >= 11 is 1.35. The third-order valence-corrected chi connectivity index (χ3v) is 5.38. The molecule has 0 aliphatic heterocycles. The Bertz CT molecular complexity index is 1020. The van der Waals surface area contributed by atoms with Crippen LogP contribution in [0.4, 0.5) is 0 Å². The molecule has 8 heteroatoms. The molecule has 1 N–H and O–H groups in total. The molecule has 0 spiro atoms. The van der Waals surface area contributed by atoms with Crippen molar-refractivity contribution in [2.75, 3.05) is 13.2 Å². The number of benzene rings is 1. The number of ether oxygens (including phenoxy) is 1. The summed E-state index contributed by atoms with van der Waals surface area (Å²) in [6.45, 7) is 3.99. The first-order chi connectivity index (χ1) is 14.5. The number of hydrogen-bond donors (Lipinski definition) is 1. The Kier molecular flexibility index (Phi) is 7.62. The summed E-state index contributed by atoms with van der Waals surface area (Å²) in [6.07, 6.45) is 2.32. The van der Waals surface area contributed by atoms with Crippen molar-refractivity contribution in [3.63, 3.8) is 0 Å². The zero-order valence-corrected chi connectivity index (χ0v) is 17.7. The SMILES string of the molecule is Cc1cc(CSc2ncccc2C(=O)OCC(=O)NCCc2ccccc2C)no1. The molecule has 2 aromatic heterocycles. The molecule has 0 fully saturated rings. The van der Waals surface area contributed by atoms with Gasteiger partial charge in [0.05, 0.1) is 11.3 Å². The van der Waals surface area contributed by atoms with Crippen molar-refractivity contribution in [3.05, 3.63) is 76.8 Å². The molecule has 30 heavy (non-hydrogen) atoms. The molecule has 0 saturated carbocycles. The van der Waals surface area contributed by atoms with E-state index in [1.807, 2.05) is 44.2 Å². The number of nitrogens with one attached hydrogen (secondary N) is 1. The number of aryl methyl sites for hydroxylation is 2.